The maximum atomic E-state index is 12.3. The molecule has 0 aliphatic carbocycles. The van der Waals surface area contributed by atoms with E-state index in [9.17, 15) is 4.79 Å². The first-order chi connectivity index (χ1) is 8.86. The second-order valence-corrected chi connectivity index (χ2v) is 5.27. The lowest BCUT2D eigenvalue weighted by Crippen LogP contribution is -2.34. The van der Waals surface area contributed by atoms with Crippen LogP contribution in [0.25, 0.3) is 0 Å². The number of amides is 1. The third kappa shape index (κ3) is 3.93. The van der Waals surface area contributed by atoms with Gasteiger partial charge in [-0.15, -0.1) is 0 Å². The molecule has 1 aromatic rings. The van der Waals surface area contributed by atoms with E-state index in [1.807, 2.05) is 20.8 Å². The number of nitriles is 1. The summed E-state index contributed by atoms with van der Waals surface area (Å²) in [5.41, 5.74) is 1.30. The van der Waals surface area contributed by atoms with Crippen molar-refractivity contribution in [3.05, 3.63) is 28.5 Å². The van der Waals surface area contributed by atoms with E-state index in [0.29, 0.717) is 17.1 Å². The van der Waals surface area contributed by atoms with Crippen LogP contribution in [0.15, 0.2) is 12.1 Å². The van der Waals surface area contributed by atoms with Crippen LogP contribution in [0.1, 0.15) is 49.2 Å². The van der Waals surface area contributed by atoms with Gasteiger partial charge < -0.3 is 4.90 Å². The molecule has 0 N–H and O–H groups in total. The molecule has 0 saturated heterocycles. The van der Waals surface area contributed by atoms with E-state index >= 15 is 0 Å². The van der Waals surface area contributed by atoms with Gasteiger partial charge in [0.05, 0.1) is 12.5 Å². The predicted molar refractivity (Wildman–Crippen MR) is 75.1 cm³/mol. The summed E-state index contributed by atoms with van der Waals surface area (Å²) in [5, 5.41) is 9.00. The third-order valence-electron chi connectivity index (χ3n) is 3.02. The summed E-state index contributed by atoms with van der Waals surface area (Å²) in [4.78, 5) is 18.1. The Balaban J connectivity index is 3.03. The van der Waals surface area contributed by atoms with Crippen molar-refractivity contribution in [1.29, 1.82) is 5.26 Å². The van der Waals surface area contributed by atoms with Crippen LogP contribution in [0.4, 0.5) is 0 Å². The molecule has 1 rings (SSSR count). The van der Waals surface area contributed by atoms with E-state index in [0.717, 1.165) is 5.69 Å². The highest BCUT2D eigenvalue weighted by Crippen LogP contribution is 2.19. The number of nitrogens with zero attached hydrogens (tertiary/aromatic N) is 3. The van der Waals surface area contributed by atoms with Gasteiger partial charge in [0.25, 0.3) is 5.91 Å². The van der Waals surface area contributed by atoms with Crippen LogP contribution < -0.4 is 0 Å². The summed E-state index contributed by atoms with van der Waals surface area (Å²) in [6, 6.07) is 5.25. The van der Waals surface area contributed by atoms with Gasteiger partial charge in [0, 0.05) is 24.3 Å². The second kappa shape index (κ2) is 6.53. The predicted octanol–water partition coefficient (Wildman–Crippen LogP) is 3.23. The molecule has 1 atom stereocenters. The molecule has 1 amide bonds. The fourth-order valence-corrected chi connectivity index (χ4v) is 1.82. The van der Waals surface area contributed by atoms with Gasteiger partial charge in [-0.2, -0.15) is 5.26 Å². The van der Waals surface area contributed by atoms with Gasteiger partial charge in [0.2, 0.25) is 0 Å². The zero-order valence-electron chi connectivity index (χ0n) is 11.6. The molecule has 0 saturated carbocycles. The van der Waals surface area contributed by atoms with Gasteiger partial charge in [-0.1, -0.05) is 25.4 Å². The Morgan fingerprint density at radius 1 is 1.47 bits per heavy atom. The lowest BCUT2D eigenvalue weighted by molar-refractivity contribution is 0.0746. The number of rotatable bonds is 4. The van der Waals surface area contributed by atoms with Crippen LogP contribution in [0.5, 0.6) is 0 Å². The Hall–Kier alpha value is -1.60. The minimum atomic E-state index is -0.144. The molecule has 5 heteroatoms. The molecule has 0 fully saturated rings. The molecule has 0 bridgehead atoms. The average molecular weight is 280 g/mol. The first-order valence-electron chi connectivity index (χ1n) is 6.18. The van der Waals surface area contributed by atoms with Crippen molar-refractivity contribution in [2.24, 2.45) is 0 Å². The largest absolute Gasteiger partial charge is 0.338 e. The normalized spacial score (nSPS) is 12.1. The van der Waals surface area contributed by atoms with E-state index < -0.39 is 0 Å². The fourth-order valence-electron chi connectivity index (χ4n) is 1.61. The summed E-state index contributed by atoms with van der Waals surface area (Å²) in [5.74, 6) is 0.0565. The topological polar surface area (TPSA) is 57.0 Å². The molecule has 1 heterocycles. The van der Waals surface area contributed by atoms with Crippen molar-refractivity contribution < 1.29 is 4.79 Å². The minimum absolute atomic E-state index is 0.132. The third-order valence-corrected chi connectivity index (χ3v) is 3.21. The van der Waals surface area contributed by atoms with Crippen LogP contribution in [-0.4, -0.2) is 28.9 Å². The maximum absolute atomic E-state index is 12.3. The summed E-state index contributed by atoms with van der Waals surface area (Å²) >= 11 is 5.95. The quantitative estimate of drug-likeness (QED) is 0.795. The number of carbonyl (C=O) groups is 1. The van der Waals surface area contributed by atoms with Gasteiger partial charge in [-0.05, 0) is 25.0 Å². The number of pyridine rings is 1. The van der Waals surface area contributed by atoms with Crippen molar-refractivity contribution in [3.8, 4) is 6.07 Å². The van der Waals surface area contributed by atoms with Gasteiger partial charge in [-0.25, -0.2) is 4.98 Å². The smallest absolute Gasteiger partial charge is 0.254 e. The molecule has 102 valence electrons. The average Bonchev–Trinajstić information content (AvgIpc) is 2.36. The van der Waals surface area contributed by atoms with E-state index in [2.05, 4.69) is 11.1 Å². The summed E-state index contributed by atoms with van der Waals surface area (Å²) in [6.45, 7) is 5.83. The van der Waals surface area contributed by atoms with Gasteiger partial charge in [0.1, 0.15) is 5.15 Å². The van der Waals surface area contributed by atoms with Crippen LogP contribution in [0.2, 0.25) is 5.15 Å². The minimum Gasteiger partial charge on any atom is -0.338 e. The Kier molecular flexibility index (Phi) is 5.31. The molecule has 0 radical (unpaired) electrons. The first-order valence-corrected chi connectivity index (χ1v) is 6.56. The number of aromatic nitrogens is 1. The van der Waals surface area contributed by atoms with Crippen molar-refractivity contribution in [3.63, 3.8) is 0 Å². The summed E-state index contributed by atoms with van der Waals surface area (Å²) in [6.07, 6.45) is 0.304. The lowest BCUT2D eigenvalue weighted by atomic mass is 10.1. The van der Waals surface area contributed by atoms with Gasteiger partial charge >= 0.3 is 0 Å². The first kappa shape index (κ1) is 15.5. The number of carbonyl (C=O) groups excluding carboxylic acids is 1. The van der Waals surface area contributed by atoms with E-state index in [1.54, 1.807) is 24.1 Å². The molecule has 0 aliphatic rings. The fraction of sp³-hybridized carbons (Fsp3) is 0.500. The SMILES string of the molecule is CC(C)c1cc(C(=O)N(C)C(C)CC#N)cc(Cl)n1. The molecule has 1 aromatic heterocycles. The van der Waals surface area contributed by atoms with Gasteiger partial charge in [0.15, 0.2) is 0 Å². The van der Waals surface area contributed by atoms with Crippen molar-refractivity contribution >= 4 is 17.5 Å². The molecular formula is C14H18ClN3O. The highest BCUT2D eigenvalue weighted by Gasteiger charge is 2.19. The van der Waals surface area contributed by atoms with Crippen molar-refractivity contribution in [1.82, 2.24) is 9.88 Å². The lowest BCUT2D eigenvalue weighted by Gasteiger charge is -2.23. The van der Waals surface area contributed by atoms with Gasteiger partial charge in [-0.3, -0.25) is 4.79 Å². The molecule has 4 nitrogen and oxygen atoms in total. The Labute approximate surface area is 119 Å². The number of halogens is 1. The highest BCUT2D eigenvalue weighted by atomic mass is 35.5. The zero-order chi connectivity index (χ0) is 14.6. The van der Waals surface area contributed by atoms with Crippen molar-refractivity contribution in [2.75, 3.05) is 7.05 Å². The van der Waals surface area contributed by atoms with Crippen LogP contribution in [0.3, 0.4) is 0 Å². The summed E-state index contributed by atoms with van der Waals surface area (Å²) in [7, 11) is 1.69. The monoisotopic (exact) mass is 279 g/mol. The zero-order valence-corrected chi connectivity index (χ0v) is 12.4. The molecule has 1 unspecified atom stereocenters. The number of hydrogen-bond donors (Lipinski definition) is 0. The van der Waals surface area contributed by atoms with Crippen molar-refractivity contribution in [2.45, 2.75) is 39.2 Å². The van der Waals surface area contributed by atoms with E-state index in [4.69, 9.17) is 16.9 Å². The van der Waals surface area contributed by atoms with Crippen LogP contribution >= 0.6 is 11.6 Å². The Bertz CT molecular complexity index is 508. The second-order valence-electron chi connectivity index (χ2n) is 4.89. The van der Waals surface area contributed by atoms with Crippen LogP contribution in [-0.2, 0) is 0 Å². The maximum Gasteiger partial charge on any atom is 0.254 e. The Morgan fingerprint density at radius 2 is 2.11 bits per heavy atom. The van der Waals surface area contributed by atoms with E-state index in [-0.39, 0.29) is 17.9 Å². The van der Waals surface area contributed by atoms with E-state index in [1.165, 1.54) is 0 Å². The molecule has 0 spiro atoms. The molecule has 19 heavy (non-hydrogen) atoms. The summed E-state index contributed by atoms with van der Waals surface area (Å²) < 4.78 is 0. The molecule has 0 aromatic carbocycles. The standard InChI is InChI=1S/C14H18ClN3O/c1-9(2)12-7-11(8-13(15)17-12)14(19)18(4)10(3)5-6-16/h7-10H,5H2,1-4H3. The number of hydrogen-bond acceptors (Lipinski definition) is 3. The molecule has 0 aliphatic heterocycles. The van der Waals surface area contributed by atoms with Crippen LogP contribution in [0, 0.1) is 11.3 Å². The molecular weight excluding hydrogens is 262 g/mol. The highest BCUT2D eigenvalue weighted by molar-refractivity contribution is 6.29. The Morgan fingerprint density at radius 3 is 2.63 bits per heavy atom.